The number of halogens is 1. The van der Waals surface area contributed by atoms with Crippen LogP contribution in [0, 0.1) is 11.7 Å². The molecule has 0 aliphatic carbocycles. The summed E-state index contributed by atoms with van der Waals surface area (Å²) in [7, 11) is 3.40. The van der Waals surface area contributed by atoms with Crippen LogP contribution in [-0.2, 0) is 25.6 Å². The van der Waals surface area contributed by atoms with Crippen LogP contribution in [0.4, 0.5) is 10.1 Å². The van der Waals surface area contributed by atoms with E-state index in [0.29, 0.717) is 56.9 Å². The van der Waals surface area contributed by atoms with Crippen LogP contribution >= 0.6 is 0 Å². The predicted molar refractivity (Wildman–Crippen MR) is 143 cm³/mol. The minimum absolute atomic E-state index is 0.228. The average Bonchev–Trinajstić information content (AvgIpc) is 2.92. The number of methoxy groups -OCH3 is 1. The largest absolute Gasteiger partial charge is 0.489 e. The molecule has 1 aliphatic rings. The van der Waals surface area contributed by atoms with Crippen molar-refractivity contribution in [2.45, 2.75) is 39.2 Å². The van der Waals surface area contributed by atoms with Gasteiger partial charge in [0.25, 0.3) is 6.02 Å². The molecule has 0 bridgehead atoms. The molecule has 2 aromatic carbocycles. The lowest BCUT2D eigenvalue weighted by Crippen LogP contribution is -2.28. The molecule has 38 heavy (non-hydrogen) atoms. The topological polar surface area (TPSA) is 91.2 Å². The molecular weight excluding hydrogens is 493 g/mol. The minimum Gasteiger partial charge on any atom is -0.489 e. The molecule has 0 N–H and O–H groups in total. The van der Waals surface area contributed by atoms with Gasteiger partial charge in [-0.15, -0.1) is 0 Å². The first kappa shape index (κ1) is 28.9. The van der Waals surface area contributed by atoms with Crippen LogP contribution in [0.3, 0.4) is 0 Å². The van der Waals surface area contributed by atoms with Crippen molar-refractivity contribution in [1.82, 2.24) is 0 Å². The van der Waals surface area contributed by atoms with E-state index < -0.39 is 5.82 Å². The molecule has 1 heterocycles. The molecule has 0 saturated carbocycles. The second-order valence-corrected chi connectivity index (χ2v) is 8.71. The van der Waals surface area contributed by atoms with Crippen molar-refractivity contribution < 1.29 is 33.0 Å². The van der Waals surface area contributed by atoms with Gasteiger partial charge < -0.3 is 23.8 Å². The first-order valence-corrected chi connectivity index (χ1v) is 12.8. The van der Waals surface area contributed by atoms with E-state index in [4.69, 9.17) is 23.8 Å². The number of rotatable bonds is 12. The molecule has 1 aliphatic heterocycles. The number of oxime groups is 1. The quantitative estimate of drug-likeness (QED) is 0.126. The molecule has 0 unspecified atom stereocenters. The summed E-state index contributed by atoms with van der Waals surface area (Å²) < 4.78 is 35.6. The molecule has 0 aromatic heterocycles. The number of ether oxygens (including phenoxy) is 4. The summed E-state index contributed by atoms with van der Waals surface area (Å²) in [6, 6.07) is 12.3. The first-order chi connectivity index (χ1) is 18.5. The lowest BCUT2D eigenvalue weighted by Gasteiger charge is -2.20. The fourth-order valence-electron chi connectivity index (χ4n) is 3.75. The molecule has 0 spiro atoms. The highest BCUT2D eigenvalue weighted by Gasteiger charge is 2.12. The van der Waals surface area contributed by atoms with Crippen LogP contribution in [0.15, 0.2) is 52.6 Å². The second-order valence-electron chi connectivity index (χ2n) is 8.71. The van der Waals surface area contributed by atoms with E-state index in [9.17, 15) is 9.18 Å². The van der Waals surface area contributed by atoms with Crippen LogP contribution in [-0.4, -0.2) is 58.7 Å². The molecule has 206 valence electrons. The Balaban J connectivity index is 1.51. The van der Waals surface area contributed by atoms with Gasteiger partial charge in [-0.3, -0.25) is 9.69 Å². The van der Waals surface area contributed by atoms with Gasteiger partial charge in [-0.2, -0.15) is 0 Å². The van der Waals surface area contributed by atoms with Gasteiger partial charge >= 0.3 is 5.97 Å². The molecule has 0 atom stereocenters. The normalized spacial score (nSPS) is 14.4. The van der Waals surface area contributed by atoms with Crippen LogP contribution in [0.5, 0.6) is 11.5 Å². The summed E-state index contributed by atoms with van der Waals surface area (Å²) in [5.41, 5.74) is 1.76. The Hall–Kier alpha value is -3.66. The van der Waals surface area contributed by atoms with Gasteiger partial charge in [0.15, 0.2) is 5.75 Å². The van der Waals surface area contributed by atoms with Crippen molar-refractivity contribution in [2.24, 2.45) is 16.1 Å². The third-order valence-electron chi connectivity index (χ3n) is 5.83. The van der Waals surface area contributed by atoms with Gasteiger partial charge in [0, 0.05) is 69.2 Å². The van der Waals surface area contributed by atoms with E-state index in [1.165, 1.54) is 12.1 Å². The Morgan fingerprint density at radius 2 is 1.89 bits per heavy atom. The smallest absolute Gasteiger partial charge is 0.305 e. The maximum absolute atomic E-state index is 14.1. The fourth-order valence-corrected chi connectivity index (χ4v) is 3.75. The van der Waals surface area contributed by atoms with Crippen molar-refractivity contribution >= 4 is 23.9 Å². The highest BCUT2D eigenvalue weighted by Crippen LogP contribution is 2.24. The average molecular weight is 530 g/mol. The lowest BCUT2D eigenvalue weighted by molar-refractivity contribution is -0.143. The summed E-state index contributed by atoms with van der Waals surface area (Å²) in [6.45, 7) is 4.27. The van der Waals surface area contributed by atoms with Crippen molar-refractivity contribution in [2.75, 3.05) is 45.4 Å². The summed E-state index contributed by atoms with van der Waals surface area (Å²) >= 11 is 0. The Kier molecular flexibility index (Phi) is 11.8. The third kappa shape index (κ3) is 9.66. The molecule has 3 rings (SSSR count). The van der Waals surface area contributed by atoms with Gasteiger partial charge in [-0.25, -0.2) is 9.38 Å². The molecule has 9 nitrogen and oxygen atoms in total. The van der Waals surface area contributed by atoms with Gasteiger partial charge in [-0.05, 0) is 43.9 Å². The summed E-state index contributed by atoms with van der Waals surface area (Å²) in [5.74, 6) is 0.226. The second kappa shape index (κ2) is 15.6. The number of nitrogens with zero attached hydrogens (tertiary/aromatic N) is 3. The first-order valence-electron chi connectivity index (χ1n) is 12.8. The van der Waals surface area contributed by atoms with Crippen LogP contribution in [0.25, 0.3) is 0 Å². The number of carbonyl (C=O) groups is 1. The van der Waals surface area contributed by atoms with E-state index in [-0.39, 0.29) is 18.3 Å². The molecule has 0 radical (unpaired) electrons. The van der Waals surface area contributed by atoms with Crippen LogP contribution in [0.2, 0.25) is 0 Å². The van der Waals surface area contributed by atoms with Gasteiger partial charge in [0.1, 0.15) is 18.2 Å². The van der Waals surface area contributed by atoms with Crippen LogP contribution in [0.1, 0.15) is 38.2 Å². The van der Waals surface area contributed by atoms with E-state index in [1.807, 2.05) is 36.2 Å². The summed E-state index contributed by atoms with van der Waals surface area (Å²) in [4.78, 5) is 23.1. The molecule has 1 saturated heterocycles. The number of amidine groups is 1. The minimum atomic E-state index is -0.468. The Labute approximate surface area is 223 Å². The Morgan fingerprint density at radius 1 is 1.16 bits per heavy atom. The number of carbonyl (C=O) groups excluding carboxylic acids is 1. The molecule has 10 heteroatoms. The van der Waals surface area contributed by atoms with Crippen molar-refractivity contribution in [1.29, 1.82) is 0 Å². The number of hydrogen-bond acceptors (Lipinski definition) is 8. The standard InChI is InChI=1S/C28H36FN3O6/c1-4-36-27(33)6-5-13-30-28(34-3)32(2)24-9-7-22(8-10-24)20-37-25-16-23(29)17-26(18-25)38-31-19-21-11-14-35-15-12-21/h7-10,16-19,21H,4-6,11-15,20H2,1-3H3/b30-28-,31-19?. The fraction of sp³-hybridized carbons (Fsp3) is 0.464. The Morgan fingerprint density at radius 3 is 2.61 bits per heavy atom. The lowest BCUT2D eigenvalue weighted by atomic mass is 10.0. The summed E-state index contributed by atoms with van der Waals surface area (Å²) in [6.07, 6.45) is 4.43. The van der Waals surface area contributed by atoms with E-state index in [1.54, 1.807) is 26.3 Å². The van der Waals surface area contributed by atoms with E-state index in [2.05, 4.69) is 10.1 Å². The van der Waals surface area contributed by atoms with E-state index >= 15 is 0 Å². The highest BCUT2D eigenvalue weighted by atomic mass is 19.1. The van der Waals surface area contributed by atoms with Crippen molar-refractivity contribution in [3.63, 3.8) is 0 Å². The third-order valence-corrected chi connectivity index (χ3v) is 5.83. The van der Waals surface area contributed by atoms with Gasteiger partial charge in [-0.1, -0.05) is 17.3 Å². The molecule has 0 amide bonds. The SMILES string of the molecule is CCOC(=O)CCC/N=C(\OC)N(C)c1ccc(COc2cc(F)cc(ON=CC3CCOCC3)c2)cc1. The number of esters is 1. The Bertz CT molecular complexity index is 1070. The maximum atomic E-state index is 14.1. The number of aliphatic imine (C=N–C) groups is 1. The number of benzene rings is 2. The maximum Gasteiger partial charge on any atom is 0.305 e. The monoisotopic (exact) mass is 529 g/mol. The zero-order chi connectivity index (χ0) is 27.2. The highest BCUT2D eigenvalue weighted by molar-refractivity contribution is 5.91. The zero-order valence-electron chi connectivity index (χ0n) is 22.2. The van der Waals surface area contributed by atoms with E-state index in [0.717, 1.165) is 24.1 Å². The van der Waals surface area contributed by atoms with Crippen molar-refractivity contribution in [3.05, 3.63) is 53.8 Å². The zero-order valence-corrected chi connectivity index (χ0v) is 22.2. The van der Waals surface area contributed by atoms with Gasteiger partial charge in [0.05, 0.1) is 13.7 Å². The molecule has 1 fully saturated rings. The van der Waals surface area contributed by atoms with Crippen molar-refractivity contribution in [3.8, 4) is 11.5 Å². The van der Waals surface area contributed by atoms with Gasteiger partial charge in [0.2, 0.25) is 0 Å². The molecule has 2 aromatic rings. The number of anilines is 1. The molecular formula is C28H36FN3O6. The predicted octanol–water partition coefficient (Wildman–Crippen LogP) is 4.98. The summed E-state index contributed by atoms with van der Waals surface area (Å²) in [5, 5.41) is 4.00. The number of hydrogen-bond donors (Lipinski definition) is 0. The van der Waals surface area contributed by atoms with Crippen LogP contribution < -0.4 is 14.5 Å².